The van der Waals surface area contributed by atoms with Crippen LogP contribution in [0.3, 0.4) is 0 Å². The van der Waals surface area contributed by atoms with Crippen LogP contribution in [-0.2, 0) is 4.79 Å². The molecule has 90 valence electrons. The molecule has 1 unspecified atom stereocenters. The molecule has 0 saturated heterocycles. The predicted molar refractivity (Wildman–Crippen MR) is 62.9 cm³/mol. The number of oxazole rings is 1. The summed E-state index contributed by atoms with van der Waals surface area (Å²) in [5.74, 6) is 0.286. The molecule has 1 amide bonds. The van der Waals surface area contributed by atoms with Crippen molar-refractivity contribution in [3.05, 3.63) is 29.7 Å². The first-order valence-corrected chi connectivity index (χ1v) is 5.21. The summed E-state index contributed by atoms with van der Waals surface area (Å²) in [4.78, 5) is 15.7. The predicted octanol–water partition coefficient (Wildman–Crippen LogP) is 0.387. The van der Waals surface area contributed by atoms with E-state index in [9.17, 15) is 4.79 Å². The van der Waals surface area contributed by atoms with Crippen LogP contribution in [0.4, 0.5) is 0 Å². The Labute approximate surface area is 98.2 Å². The van der Waals surface area contributed by atoms with Crippen LogP contribution in [0.25, 0.3) is 11.1 Å². The monoisotopic (exact) mass is 234 g/mol. The smallest absolute Gasteiger partial charge is 0.255 e. The zero-order valence-electron chi connectivity index (χ0n) is 9.65. The summed E-state index contributed by atoms with van der Waals surface area (Å²) < 4.78 is 5.38. The van der Waals surface area contributed by atoms with E-state index in [-0.39, 0.29) is 5.91 Å². The second kappa shape index (κ2) is 4.52. The summed E-state index contributed by atoms with van der Waals surface area (Å²) in [6, 6.07) is 4.55. The van der Waals surface area contributed by atoms with E-state index < -0.39 is 6.04 Å². The number of nitrogens with zero attached hydrogens (tertiary/aromatic N) is 1. The number of benzene rings is 1. The van der Waals surface area contributed by atoms with Crippen LogP contribution in [0, 0.1) is 6.92 Å². The van der Waals surface area contributed by atoms with E-state index in [1.807, 2.05) is 0 Å². The maximum Gasteiger partial charge on any atom is 0.255 e. The average Bonchev–Trinajstić information content (AvgIpc) is 2.67. The molecule has 1 atom stereocenters. The van der Waals surface area contributed by atoms with Gasteiger partial charge in [0.2, 0.25) is 0 Å². The van der Waals surface area contributed by atoms with Crippen LogP contribution < -0.4 is 16.6 Å². The van der Waals surface area contributed by atoms with Gasteiger partial charge in [0.15, 0.2) is 11.5 Å². The molecule has 1 aromatic heterocycles. The van der Waals surface area contributed by atoms with Gasteiger partial charge in [0.05, 0.1) is 0 Å². The molecule has 6 heteroatoms. The number of amides is 1. The normalized spacial score (nSPS) is 12.6. The van der Waals surface area contributed by atoms with Gasteiger partial charge < -0.3 is 10.2 Å². The number of hydrogen-bond acceptors (Lipinski definition) is 5. The summed E-state index contributed by atoms with van der Waals surface area (Å²) in [5, 5.41) is 0. The Hall–Kier alpha value is -1.92. The molecule has 2 rings (SSSR count). The van der Waals surface area contributed by atoms with Crippen molar-refractivity contribution >= 4 is 17.0 Å². The lowest BCUT2D eigenvalue weighted by Gasteiger charge is -2.11. The third kappa shape index (κ3) is 2.27. The third-order valence-corrected chi connectivity index (χ3v) is 2.41. The third-order valence-electron chi connectivity index (χ3n) is 2.41. The van der Waals surface area contributed by atoms with Crippen LogP contribution in [0.1, 0.15) is 17.5 Å². The highest BCUT2D eigenvalue weighted by Gasteiger charge is 2.16. The fourth-order valence-electron chi connectivity index (χ4n) is 1.60. The SMILES string of the molecule is CNNC(=O)C(N)c1ccc2nc(C)oc2c1. The van der Waals surface area contributed by atoms with Gasteiger partial charge in [-0.05, 0) is 17.7 Å². The van der Waals surface area contributed by atoms with Crippen LogP contribution in [-0.4, -0.2) is 17.9 Å². The Balaban J connectivity index is 2.32. The van der Waals surface area contributed by atoms with E-state index in [4.69, 9.17) is 10.2 Å². The standard InChI is InChI=1S/C11H14N4O2/c1-6-14-8-4-3-7(5-9(8)17-6)10(12)11(16)15-13-2/h3-5,10,13H,12H2,1-2H3,(H,15,16). The van der Waals surface area contributed by atoms with E-state index in [1.54, 1.807) is 32.2 Å². The van der Waals surface area contributed by atoms with E-state index in [0.29, 0.717) is 17.0 Å². The minimum Gasteiger partial charge on any atom is -0.441 e. The molecule has 0 bridgehead atoms. The summed E-state index contributed by atoms with van der Waals surface area (Å²) in [6.45, 7) is 1.77. The van der Waals surface area contributed by atoms with Crippen LogP contribution in [0.15, 0.2) is 22.6 Å². The quantitative estimate of drug-likeness (QED) is 0.668. The molecule has 4 N–H and O–H groups in total. The number of hydrazine groups is 1. The lowest BCUT2D eigenvalue weighted by atomic mass is 10.1. The van der Waals surface area contributed by atoms with Gasteiger partial charge in [-0.15, -0.1) is 0 Å². The van der Waals surface area contributed by atoms with Crippen molar-refractivity contribution in [2.24, 2.45) is 5.73 Å². The number of carbonyl (C=O) groups excluding carboxylic acids is 1. The molecule has 0 aliphatic heterocycles. The maximum absolute atomic E-state index is 11.5. The first-order chi connectivity index (χ1) is 8.11. The minimum atomic E-state index is -0.739. The van der Waals surface area contributed by atoms with Crippen LogP contribution >= 0.6 is 0 Å². The topological polar surface area (TPSA) is 93.2 Å². The van der Waals surface area contributed by atoms with Crippen molar-refractivity contribution in [2.45, 2.75) is 13.0 Å². The second-order valence-electron chi connectivity index (χ2n) is 3.68. The Morgan fingerprint density at radius 3 is 3.00 bits per heavy atom. The number of fused-ring (bicyclic) bond motifs is 1. The molecule has 0 aliphatic rings. The summed E-state index contributed by atoms with van der Waals surface area (Å²) >= 11 is 0. The summed E-state index contributed by atoms with van der Waals surface area (Å²) in [7, 11) is 1.60. The van der Waals surface area contributed by atoms with Gasteiger partial charge >= 0.3 is 0 Å². The molecule has 2 aromatic rings. The molecule has 0 fully saturated rings. The van der Waals surface area contributed by atoms with Crippen molar-refractivity contribution in [1.82, 2.24) is 15.8 Å². The molecule has 0 aliphatic carbocycles. The van der Waals surface area contributed by atoms with Crippen LogP contribution in [0.5, 0.6) is 0 Å². The number of nitrogens with two attached hydrogens (primary N) is 1. The molecule has 17 heavy (non-hydrogen) atoms. The van der Waals surface area contributed by atoms with Gasteiger partial charge in [-0.25, -0.2) is 10.4 Å². The first-order valence-electron chi connectivity index (χ1n) is 5.21. The molecule has 6 nitrogen and oxygen atoms in total. The summed E-state index contributed by atoms with van der Waals surface area (Å²) in [5.41, 5.74) is 12.9. The molecular formula is C11H14N4O2. The Bertz CT molecular complexity index is 549. The number of aryl methyl sites for hydroxylation is 1. The van der Waals surface area contributed by atoms with Crippen molar-refractivity contribution in [3.63, 3.8) is 0 Å². The van der Waals surface area contributed by atoms with Crippen molar-refractivity contribution in [3.8, 4) is 0 Å². The Morgan fingerprint density at radius 1 is 1.53 bits per heavy atom. The van der Waals surface area contributed by atoms with Crippen molar-refractivity contribution in [2.75, 3.05) is 7.05 Å². The highest BCUT2D eigenvalue weighted by molar-refractivity contribution is 5.84. The lowest BCUT2D eigenvalue weighted by Crippen LogP contribution is -2.40. The zero-order valence-corrected chi connectivity index (χ0v) is 9.65. The number of carbonyl (C=O) groups is 1. The van der Waals surface area contributed by atoms with Gasteiger partial charge in [-0.3, -0.25) is 10.2 Å². The second-order valence-corrected chi connectivity index (χ2v) is 3.68. The number of rotatable bonds is 3. The van der Waals surface area contributed by atoms with Gasteiger partial charge in [0, 0.05) is 14.0 Å². The number of nitrogens with one attached hydrogen (secondary N) is 2. The first kappa shape index (κ1) is 11.6. The maximum atomic E-state index is 11.5. The lowest BCUT2D eigenvalue weighted by molar-refractivity contribution is -0.123. The molecule has 1 aromatic carbocycles. The van der Waals surface area contributed by atoms with Gasteiger partial charge in [-0.1, -0.05) is 6.07 Å². The zero-order chi connectivity index (χ0) is 12.4. The van der Waals surface area contributed by atoms with Gasteiger partial charge in [0.25, 0.3) is 5.91 Å². The fraction of sp³-hybridized carbons (Fsp3) is 0.273. The Kier molecular flexibility index (Phi) is 3.08. The average molecular weight is 234 g/mol. The van der Waals surface area contributed by atoms with Gasteiger partial charge in [0.1, 0.15) is 11.6 Å². The molecular weight excluding hydrogens is 220 g/mol. The fourth-order valence-corrected chi connectivity index (χ4v) is 1.60. The highest BCUT2D eigenvalue weighted by atomic mass is 16.3. The minimum absolute atomic E-state index is 0.303. The molecule has 0 spiro atoms. The van der Waals surface area contributed by atoms with Gasteiger partial charge in [-0.2, -0.15) is 0 Å². The van der Waals surface area contributed by atoms with E-state index in [1.165, 1.54) is 0 Å². The molecule has 0 radical (unpaired) electrons. The molecule has 1 heterocycles. The van der Waals surface area contributed by atoms with E-state index in [0.717, 1.165) is 5.52 Å². The number of hydrogen-bond donors (Lipinski definition) is 3. The van der Waals surface area contributed by atoms with E-state index in [2.05, 4.69) is 15.8 Å². The van der Waals surface area contributed by atoms with Crippen LogP contribution in [0.2, 0.25) is 0 Å². The van der Waals surface area contributed by atoms with Crippen molar-refractivity contribution < 1.29 is 9.21 Å². The van der Waals surface area contributed by atoms with Crippen molar-refractivity contribution in [1.29, 1.82) is 0 Å². The largest absolute Gasteiger partial charge is 0.441 e. The number of aromatic nitrogens is 1. The molecule has 0 saturated carbocycles. The Morgan fingerprint density at radius 2 is 2.29 bits per heavy atom. The summed E-state index contributed by atoms with van der Waals surface area (Å²) in [6.07, 6.45) is 0. The highest BCUT2D eigenvalue weighted by Crippen LogP contribution is 2.20. The van der Waals surface area contributed by atoms with E-state index >= 15 is 0 Å².